The monoisotopic (exact) mass is 541 g/mol. The zero-order valence-electron chi connectivity index (χ0n) is 20.5. The fourth-order valence-electron chi connectivity index (χ4n) is 4.20. The first-order valence-corrected chi connectivity index (χ1v) is 12.9. The van der Waals surface area contributed by atoms with Gasteiger partial charge in [-0.25, -0.2) is 13.8 Å². The molecule has 0 spiro atoms. The predicted molar refractivity (Wildman–Crippen MR) is 128 cm³/mol. The Bertz CT molecular complexity index is 1290. The molecule has 4 rings (SSSR count). The van der Waals surface area contributed by atoms with Crippen LogP contribution in [-0.4, -0.2) is 55.9 Å². The molecule has 0 radical (unpaired) electrons. The van der Waals surface area contributed by atoms with Gasteiger partial charge in [-0.3, -0.25) is 13.9 Å². The Morgan fingerprint density at radius 3 is 2.49 bits per heavy atom. The van der Waals surface area contributed by atoms with Crippen LogP contribution >= 0.6 is 7.75 Å². The lowest BCUT2D eigenvalue weighted by Crippen LogP contribution is -2.57. The van der Waals surface area contributed by atoms with Gasteiger partial charge in [0, 0.05) is 6.20 Å². The second-order valence-electron chi connectivity index (χ2n) is 9.43. The lowest BCUT2D eigenvalue weighted by Gasteiger charge is -2.34. The Morgan fingerprint density at radius 2 is 1.95 bits per heavy atom. The van der Waals surface area contributed by atoms with Crippen molar-refractivity contribution in [2.24, 2.45) is 5.73 Å². The molecule has 13 nitrogen and oxygen atoms in total. The molecule has 1 aliphatic carbocycles. The van der Waals surface area contributed by atoms with E-state index in [-0.39, 0.29) is 11.6 Å². The first kappa shape index (κ1) is 27.2. The molecule has 2 fully saturated rings. The SMILES string of the molecule is CC(C)OC(=O)C(C)NP(=O)(Oc1ccccc1)OC1[C@]2(O)[C@@](C)(N)[C@H](n3ccc(N)nc3=O)O[C@]12F. The van der Waals surface area contributed by atoms with E-state index in [2.05, 4.69) is 10.1 Å². The summed E-state index contributed by atoms with van der Waals surface area (Å²) in [4.78, 5) is 28.2. The van der Waals surface area contributed by atoms with E-state index in [0.29, 0.717) is 0 Å². The number of aromatic nitrogens is 2. The highest BCUT2D eigenvalue weighted by molar-refractivity contribution is 7.52. The molecule has 2 aromatic rings. The quantitative estimate of drug-likeness (QED) is 0.260. The number of nitrogen functional groups attached to an aromatic ring is 1. The van der Waals surface area contributed by atoms with Crippen LogP contribution in [0.4, 0.5) is 10.2 Å². The summed E-state index contributed by atoms with van der Waals surface area (Å²) in [5, 5.41) is 13.7. The minimum Gasteiger partial charge on any atom is -0.462 e. The fourth-order valence-corrected chi connectivity index (χ4v) is 5.90. The topological polar surface area (TPSA) is 190 Å². The van der Waals surface area contributed by atoms with Crippen molar-refractivity contribution in [2.75, 3.05) is 5.73 Å². The Morgan fingerprint density at radius 1 is 1.30 bits per heavy atom. The Hall–Kier alpha value is -2.87. The van der Waals surface area contributed by atoms with Gasteiger partial charge in [-0.1, -0.05) is 18.2 Å². The van der Waals surface area contributed by atoms with Crippen LogP contribution in [0.5, 0.6) is 5.75 Å². The van der Waals surface area contributed by atoms with Gasteiger partial charge in [0.15, 0.2) is 17.9 Å². The van der Waals surface area contributed by atoms with E-state index in [1.165, 1.54) is 38.2 Å². The van der Waals surface area contributed by atoms with Crippen molar-refractivity contribution < 1.29 is 37.4 Å². The number of esters is 1. The van der Waals surface area contributed by atoms with Crippen LogP contribution < -0.4 is 26.8 Å². The van der Waals surface area contributed by atoms with Crippen LogP contribution in [0, 0.1) is 0 Å². The molecule has 3 unspecified atom stereocenters. The fraction of sp³-hybridized carbons (Fsp3) is 0.500. The zero-order valence-corrected chi connectivity index (χ0v) is 21.4. The van der Waals surface area contributed by atoms with Crippen molar-refractivity contribution in [3.63, 3.8) is 0 Å². The minimum atomic E-state index is -4.58. The number of ether oxygens (including phenoxy) is 2. The summed E-state index contributed by atoms with van der Waals surface area (Å²) in [7, 11) is -4.58. The maximum Gasteiger partial charge on any atom is 0.460 e. The lowest BCUT2D eigenvalue weighted by molar-refractivity contribution is -0.149. The van der Waals surface area contributed by atoms with E-state index < -0.39 is 60.9 Å². The summed E-state index contributed by atoms with van der Waals surface area (Å²) in [6, 6.07) is 7.85. The average Bonchev–Trinajstić information content (AvgIpc) is 3.19. The number of benzene rings is 1. The van der Waals surface area contributed by atoms with Crippen LogP contribution in [0.2, 0.25) is 0 Å². The Kier molecular flexibility index (Phi) is 6.72. The third kappa shape index (κ3) is 4.54. The van der Waals surface area contributed by atoms with Gasteiger partial charge in [0.05, 0.1) is 11.6 Å². The van der Waals surface area contributed by atoms with Crippen LogP contribution in [-0.2, 0) is 23.4 Å². The third-order valence-electron chi connectivity index (χ3n) is 6.14. The first-order chi connectivity index (χ1) is 17.1. The summed E-state index contributed by atoms with van der Waals surface area (Å²) in [6.07, 6.45) is -2.69. The maximum absolute atomic E-state index is 16.0. The molecular weight excluding hydrogens is 512 g/mol. The number of para-hydroxylation sites is 1. The molecule has 2 aliphatic rings. The maximum atomic E-state index is 16.0. The van der Waals surface area contributed by atoms with Crippen molar-refractivity contribution in [1.29, 1.82) is 0 Å². The number of carbonyl (C=O) groups excluding carboxylic acids is 1. The second kappa shape index (κ2) is 9.15. The molecule has 1 aromatic heterocycles. The van der Waals surface area contributed by atoms with Crippen molar-refractivity contribution in [1.82, 2.24) is 14.6 Å². The van der Waals surface area contributed by atoms with E-state index >= 15 is 4.39 Å². The van der Waals surface area contributed by atoms with Gasteiger partial charge < -0.3 is 30.6 Å². The van der Waals surface area contributed by atoms with Gasteiger partial charge >= 0.3 is 19.4 Å². The Labute approximate surface area is 211 Å². The zero-order chi connectivity index (χ0) is 27.4. The summed E-state index contributed by atoms with van der Waals surface area (Å²) >= 11 is 0. The molecule has 7 atom stereocenters. The molecule has 1 saturated carbocycles. The van der Waals surface area contributed by atoms with E-state index in [0.717, 1.165) is 4.57 Å². The smallest absolute Gasteiger partial charge is 0.460 e. The third-order valence-corrected chi connectivity index (χ3v) is 7.79. The predicted octanol–water partition coefficient (Wildman–Crippen LogP) is 0.984. The number of nitrogens with zero attached hydrogens (tertiary/aromatic N) is 2. The van der Waals surface area contributed by atoms with Crippen LogP contribution in [0.1, 0.15) is 33.9 Å². The number of hydrogen-bond acceptors (Lipinski definition) is 11. The number of anilines is 1. The number of nitrogens with two attached hydrogens (primary N) is 2. The van der Waals surface area contributed by atoms with E-state index in [4.69, 9.17) is 30.0 Å². The molecule has 0 bridgehead atoms. The number of alkyl halides is 1. The van der Waals surface area contributed by atoms with Gasteiger partial charge in [0.1, 0.15) is 17.6 Å². The van der Waals surface area contributed by atoms with Crippen molar-refractivity contribution in [3.05, 3.63) is 53.1 Å². The van der Waals surface area contributed by atoms with Gasteiger partial charge in [-0.05, 0) is 45.9 Å². The number of rotatable bonds is 9. The molecule has 6 N–H and O–H groups in total. The normalized spacial score (nSPS) is 32.9. The van der Waals surface area contributed by atoms with Gasteiger partial charge in [-0.2, -0.15) is 10.1 Å². The first-order valence-electron chi connectivity index (χ1n) is 11.4. The molecule has 15 heteroatoms. The average molecular weight is 541 g/mol. The summed E-state index contributed by atoms with van der Waals surface area (Å²) < 4.78 is 52.1. The molecule has 1 aliphatic heterocycles. The van der Waals surface area contributed by atoms with E-state index in [1.807, 2.05) is 0 Å². The highest BCUT2D eigenvalue weighted by atomic mass is 31.2. The molecule has 37 heavy (non-hydrogen) atoms. The second-order valence-corrected chi connectivity index (χ2v) is 11.1. The van der Waals surface area contributed by atoms with Crippen LogP contribution in [0.15, 0.2) is 47.4 Å². The molecule has 202 valence electrons. The number of hydrogen-bond donors (Lipinski definition) is 4. The molecule has 0 amide bonds. The minimum absolute atomic E-state index is 0.0715. The molecule has 2 heterocycles. The van der Waals surface area contributed by atoms with Crippen LogP contribution in [0.25, 0.3) is 0 Å². The van der Waals surface area contributed by atoms with Gasteiger partial charge in [0.2, 0.25) is 0 Å². The molecular formula is C22H29FN5O8P. The van der Waals surface area contributed by atoms with Crippen molar-refractivity contribution in [2.45, 2.75) is 69.2 Å². The molecule has 1 aromatic carbocycles. The summed E-state index contributed by atoms with van der Waals surface area (Å²) in [5.41, 5.74) is 6.36. The van der Waals surface area contributed by atoms with Crippen molar-refractivity contribution >= 4 is 19.5 Å². The van der Waals surface area contributed by atoms with Gasteiger partial charge in [-0.15, -0.1) is 0 Å². The van der Waals surface area contributed by atoms with E-state index in [1.54, 1.807) is 32.0 Å². The number of nitrogens with one attached hydrogen (secondary N) is 1. The lowest BCUT2D eigenvalue weighted by atomic mass is 9.92. The Balaban J connectivity index is 1.62. The summed E-state index contributed by atoms with van der Waals surface area (Å²) in [5.74, 6) is -3.76. The number of aliphatic hydroxyl groups is 1. The van der Waals surface area contributed by atoms with E-state index in [9.17, 15) is 19.3 Å². The number of fused-ring (bicyclic) bond motifs is 1. The summed E-state index contributed by atoms with van der Waals surface area (Å²) in [6.45, 7) is 5.85. The number of carbonyl (C=O) groups is 1. The molecule has 1 saturated heterocycles. The standard InChI is InChI=1S/C22H29FN5O8P/c1-12(2)33-16(29)13(3)27-37(32,35-14-8-6-5-7-9-14)36-17-21(31)20(4,25)18(34-22(17,21)23)28-11-10-15(24)26-19(28)30/h5-13,17-18,31H,25H2,1-4H3,(H,27,32)(H2,24,26,30)/t13?,17?,18-,20+,21+,22-,37?/m1/s1. The van der Waals surface area contributed by atoms with Crippen molar-refractivity contribution in [3.8, 4) is 5.75 Å². The van der Waals surface area contributed by atoms with Gasteiger partial charge in [0.25, 0.3) is 5.85 Å². The van der Waals surface area contributed by atoms with Crippen LogP contribution in [0.3, 0.4) is 0 Å². The highest BCUT2D eigenvalue weighted by Gasteiger charge is 2.94. The number of halogens is 1. The largest absolute Gasteiger partial charge is 0.462 e. The highest BCUT2D eigenvalue weighted by Crippen LogP contribution is 2.71.